The molecule has 0 aromatic rings. The minimum atomic E-state index is 0.500. The molecular formula is C4H3N2O2-. The molecule has 0 rings (SSSR count). The molecular weight excluding hydrogens is 108 g/mol. The lowest BCUT2D eigenvalue weighted by Gasteiger charge is -1.45. The quantitative estimate of drug-likeness (QED) is 0.362. The van der Waals surface area contributed by atoms with Crippen molar-refractivity contribution < 1.29 is 9.59 Å². The summed E-state index contributed by atoms with van der Waals surface area (Å²) in [6, 6.07) is 0. The van der Waals surface area contributed by atoms with E-state index in [-0.39, 0.29) is 0 Å². The van der Waals surface area contributed by atoms with Crippen molar-refractivity contribution in [2.75, 3.05) is 0 Å². The Kier molecular flexibility index (Phi) is 21.6. The SMILES string of the molecule is C=CN=C=O.[N-]=C=O. The van der Waals surface area contributed by atoms with Crippen molar-refractivity contribution >= 4 is 12.2 Å². The van der Waals surface area contributed by atoms with Gasteiger partial charge in [0.2, 0.25) is 6.08 Å². The van der Waals surface area contributed by atoms with Crippen LogP contribution in [0.4, 0.5) is 0 Å². The first kappa shape index (κ1) is 9.71. The highest BCUT2D eigenvalue weighted by Gasteiger charge is 1.40. The van der Waals surface area contributed by atoms with Gasteiger partial charge < -0.3 is 5.41 Å². The molecule has 4 heteroatoms. The van der Waals surface area contributed by atoms with Gasteiger partial charge in [-0.15, -0.1) is 0 Å². The molecule has 0 spiro atoms. The van der Waals surface area contributed by atoms with E-state index in [0.29, 0.717) is 6.08 Å². The topological polar surface area (TPSA) is 68.8 Å². The van der Waals surface area contributed by atoms with E-state index in [9.17, 15) is 0 Å². The zero-order chi connectivity index (χ0) is 6.83. The molecule has 0 unspecified atom stereocenters. The molecule has 8 heavy (non-hydrogen) atoms. The Labute approximate surface area is 46.1 Å². The number of carbonyl (C=O) groups excluding carboxylic acids is 2. The van der Waals surface area contributed by atoms with Gasteiger partial charge in [0.15, 0.2) is 0 Å². The molecule has 0 aromatic carbocycles. The van der Waals surface area contributed by atoms with Gasteiger partial charge in [0.25, 0.3) is 0 Å². The van der Waals surface area contributed by atoms with Crippen LogP contribution >= 0.6 is 0 Å². The van der Waals surface area contributed by atoms with Crippen molar-refractivity contribution in [1.29, 1.82) is 0 Å². The van der Waals surface area contributed by atoms with Crippen LogP contribution in [0.25, 0.3) is 5.41 Å². The minimum absolute atomic E-state index is 0.500. The number of nitrogens with zero attached hydrogens (tertiary/aromatic N) is 2. The summed E-state index contributed by atoms with van der Waals surface area (Å²) in [6.45, 7) is 3.12. The smallest absolute Gasteiger partial charge is 0.239 e. The molecule has 4 nitrogen and oxygen atoms in total. The summed E-state index contributed by atoms with van der Waals surface area (Å²) in [6.07, 6.45) is 2.91. The number of rotatable bonds is 1. The summed E-state index contributed by atoms with van der Waals surface area (Å²) in [5.41, 5.74) is 0. The number of hydrogen-bond acceptors (Lipinski definition) is 3. The van der Waals surface area contributed by atoms with E-state index in [1.807, 2.05) is 0 Å². The van der Waals surface area contributed by atoms with E-state index >= 15 is 0 Å². The van der Waals surface area contributed by atoms with Gasteiger partial charge in [0.1, 0.15) is 0 Å². The number of isocyanates is 2. The summed E-state index contributed by atoms with van der Waals surface area (Å²) in [7, 11) is 0. The van der Waals surface area contributed by atoms with E-state index in [4.69, 9.17) is 15.0 Å². The van der Waals surface area contributed by atoms with Crippen LogP contribution in [0.3, 0.4) is 0 Å². The van der Waals surface area contributed by atoms with Crippen LogP contribution in [0.1, 0.15) is 0 Å². The Hall–Kier alpha value is -1.50. The fourth-order valence-electron chi connectivity index (χ4n) is 0.0373. The second kappa shape index (κ2) is 17.8. The van der Waals surface area contributed by atoms with Crippen LogP contribution in [0, 0.1) is 0 Å². The lowest BCUT2D eigenvalue weighted by atomic mass is 11.1. The Morgan fingerprint density at radius 2 is 2.00 bits per heavy atom. The highest BCUT2D eigenvalue weighted by atomic mass is 16.1. The lowest BCUT2D eigenvalue weighted by molar-refractivity contribution is 0.565. The maximum Gasteiger partial charge on any atom is 0.239 e. The summed E-state index contributed by atoms with van der Waals surface area (Å²) in [5.74, 6) is 0. The Morgan fingerprint density at radius 3 is 2.00 bits per heavy atom. The monoisotopic (exact) mass is 111 g/mol. The normalized spacial score (nSPS) is 4.00. The van der Waals surface area contributed by atoms with Crippen LogP contribution in [0.5, 0.6) is 0 Å². The fraction of sp³-hybridized carbons (Fsp3) is 0. The van der Waals surface area contributed by atoms with E-state index in [1.165, 1.54) is 6.08 Å². The molecule has 0 amide bonds. The molecule has 42 valence electrons. The third-order valence-corrected chi connectivity index (χ3v) is 0.144. The molecule has 0 saturated heterocycles. The zero-order valence-electron chi connectivity index (χ0n) is 4.00. The van der Waals surface area contributed by atoms with E-state index in [1.54, 1.807) is 0 Å². The maximum atomic E-state index is 9.04. The number of hydrogen-bond donors (Lipinski definition) is 0. The summed E-state index contributed by atoms with van der Waals surface area (Å²) < 4.78 is 0. The van der Waals surface area contributed by atoms with Gasteiger partial charge in [0, 0.05) is 6.20 Å². The fourth-order valence-corrected chi connectivity index (χ4v) is 0.0373. The van der Waals surface area contributed by atoms with Crippen molar-refractivity contribution in [2.24, 2.45) is 4.99 Å². The minimum Gasteiger partial charge on any atom is -0.724 e. The first-order valence-corrected chi connectivity index (χ1v) is 1.52. The van der Waals surface area contributed by atoms with Crippen LogP contribution < -0.4 is 0 Å². The highest BCUT2D eigenvalue weighted by molar-refractivity contribution is 5.36. The predicted octanol–water partition coefficient (Wildman–Crippen LogP) is 0.357. The second-order valence-corrected chi connectivity index (χ2v) is 0.494. The van der Waals surface area contributed by atoms with Gasteiger partial charge in [-0.2, -0.15) is 4.99 Å². The van der Waals surface area contributed by atoms with Crippen molar-refractivity contribution in [2.45, 2.75) is 0 Å². The Balaban J connectivity index is 0. The average Bonchev–Trinajstić information content (AvgIpc) is 1.71. The summed E-state index contributed by atoms with van der Waals surface area (Å²) in [4.78, 5) is 20.2. The van der Waals surface area contributed by atoms with Crippen molar-refractivity contribution in [3.05, 3.63) is 18.2 Å². The molecule has 0 heterocycles. The standard InChI is InChI=1S/C3H3NO.CNO/c1-2-4-3-5;2-1-3/h2H,1H2;/q;-1. The average molecular weight is 111 g/mol. The van der Waals surface area contributed by atoms with Gasteiger partial charge >= 0.3 is 0 Å². The first-order valence-electron chi connectivity index (χ1n) is 1.52. The maximum absolute atomic E-state index is 9.04. The largest absolute Gasteiger partial charge is 0.724 e. The Bertz CT molecular complexity index is 129. The highest BCUT2D eigenvalue weighted by Crippen LogP contribution is 1.52. The zero-order valence-corrected chi connectivity index (χ0v) is 4.00. The van der Waals surface area contributed by atoms with Gasteiger partial charge in [-0.25, -0.2) is 4.79 Å². The van der Waals surface area contributed by atoms with E-state index in [2.05, 4.69) is 11.6 Å². The lowest BCUT2D eigenvalue weighted by Crippen LogP contribution is -1.37. The van der Waals surface area contributed by atoms with Gasteiger partial charge in [-0.05, 0) is 6.08 Å². The van der Waals surface area contributed by atoms with Crippen LogP contribution in [0.15, 0.2) is 17.8 Å². The van der Waals surface area contributed by atoms with Crippen molar-refractivity contribution in [1.82, 2.24) is 0 Å². The summed E-state index contributed by atoms with van der Waals surface area (Å²) >= 11 is 0. The van der Waals surface area contributed by atoms with Gasteiger partial charge in [-0.3, -0.25) is 4.79 Å². The molecule has 0 bridgehead atoms. The molecule has 0 radical (unpaired) electrons. The van der Waals surface area contributed by atoms with Crippen molar-refractivity contribution in [3.8, 4) is 0 Å². The first-order chi connectivity index (χ1) is 3.83. The van der Waals surface area contributed by atoms with Crippen LogP contribution in [-0.4, -0.2) is 12.2 Å². The third-order valence-electron chi connectivity index (χ3n) is 0.144. The molecule has 0 aromatic heterocycles. The molecule has 0 aliphatic carbocycles. The molecule has 0 N–H and O–H groups in total. The second-order valence-electron chi connectivity index (χ2n) is 0.494. The van der Waals surface area contributed by atoms with E-state index < -0.39 is 0 Å². The Morgan fingerprint density at radius 1 is 1.62 bits per heavy atom. The van der Waals surface area contributed by atoms with Crippen LogP contribution in [-0.2, 0) is 9.59 Å². The molecule has 0 aliphatic rings. The summed E-state index contributed by atoms with van der Waals surface area (Å²) in [5, 5.41) is 6.76. The molecule has 0 saturated carbocycles. The van der Waals surface area contributed by atoms with Gasteiger partial charge in [-0.1, -0.05) is 6.58 Å². The predicted molar refractivity (Wildman–Crippen MR) is 27.4 cm³/mol. The van der Waals surface area contributed by atoms with Gasteiger partial charge in [0.05, 0.1) is 0 Å². The number of aliphatic imine (C=N–C) groups is 1. The third kappa shape index (κ3) is 220. The molecule has 0 aliphatic heterocycles. The van der Waals surface area contributed by atoms with E-state index in [0.717, 1.165) is 6.20 Å². The molecule has 0 atom stereocenters. The van der Waals surface area contributed by atoms with Crippen LogP contribution in [0.2, 0.25) is 0 Å². The molecule has 0 fully saturated rings. The van der Waals surface area contributed by atoms with Crippen molar-refractivity contribution in [3.63, 3.8) is 0 Å².